The summed E-state index contributed by atoms with van der Waals surface area (Å²) in [6.07, 6.45) is 4.31. The summed E-state index contributed by atoms with van der Waals surface area (Å²) in [5.41, 5.74) is 5.66. The minimum absolute atomic E-state index is 0.0201. The zero-order valence-corrected chi connectivity index (χ0v) is 13.1. The molecule has 0 bridgehead atoms. The Bertz CT molecular complexity index is 900. The van der Waals surface area contributed by atoms with Crippen LogP contribution in [0, 0.1) is 5.92 Å². The first kappa shape index (κ1) is 14.6. The number of carbonyl (C=O) groups is 1. The summed E-state index contributed by atoms with van der Waals surface area (Å²) in [5, 5.41) is 5.17. The second kappa shape index (κ2) is 6.24. The van der Waals surface area contributed by atoms with Crippen LogP contribution in [0.4, 0.5) is 0 Å². The van der Waals surface area contributed by atoms with Gasteiger partial charge in [-0.25, -0.2) is 5.43 Å². The van der Waals surface area contributed by atoms with Crippen molar-refractivity contribution in [2.75, 3.05) is 0 Å². The molecule has 24 heavy (non-hydrogen) atoms. The van der Waals surface area contributed by atoms with Crippen LogP contribution in [0.3, 0.4) is 0 Å². The van der Waals surface area contributed by atoms with Crippen LogP contribution in [0.1, 0.15) is 23.5 Å². The van der Waals surface area contributed by atoms with E-state index >= 15 is 0 Å². The summed E-state index contributed by atoms with van der Waals surface area (Å²) in [7, 11) is 0. The number of pyridine rings is 1. The van der Waals surface area contributed by atoms with Gasteiger partial charge >= 0.3 is 0 Å². The fourth-order valence-corrected chi connectivity index (χ4v) is 3.03. The first-order valence-corrected chi connectivity index (χ1v) is 8.04. The van der Waals surface area contributed by atoms with E-state index in [1.165, 1.54) is 5.56 Å². The van der Waals surface area contributed by atoms with Crippen molar-refractivity contribution in [1.29, 1.82) is 0 Å². The van der Waals surface area contributed by atoms with Crippen molar-refractivity contribution in [3.63, 3.8) is 0 Å². The van der Waals surface area contributed by atoms with E-state index in [1.54, 1.807) is 12.4 Å². The molecule has 3 aromatic rings. The smallest absolute Gasteiger partial charge is 0.243 e. The summed E-state index contributed by atoms with van der Waals surface area (Å²) in [6, 6.07) is 20.0. The van der Waals surface area contributed by atoms with Crippen LogP contribution >= 0.6 is 0 Å². The first-order valence-electron chi connectivity index (χ1n) is 8.04. The highest BCUT2D eigenvalue weighted by Gasteiger charge is 2.43. The molecule has 1 aromatic heterocycles. The average Bonchev–Trinajstić information content (AvgIpc) is 3.43. The number of hydrogen-bond donors (Lipinski definition) is 1. The van der Waals surface area contributed by atoms with E-state index in [2.05, 4.69) is 27.6 Å². The van der Waals surface area contributed by atoms with E-state index in [0.717, 1.165) is 22.9 Å². The standard InChI is InChI=1S/C20H17N3O/c24-20(18-12-17(18)14-6-2-1-3-7-14)23-22-13-16-9-4-8-15-10-5-11-21-19(15)16/h1-11,13,17-18H,12H2,(H,23,24)/b22-13+/t17-,18+/m1/s1. The molecule has 118 valence electrons. The van der Waals surface area contributed by atoms with Crippen LogP contribution in [0.5, 0.6) is 0 Å². The minimum Gasteiger partial charge on any atom is -0.273 e. The van der Waals surface area contributed by atoms with Gasteiger partial charge in [0.15, 0.2) is 0 Å². The number of hydrogen-bond acceptors (Lipinski definition) is 3. The molecule has 4 rings (SSSR count). The van der Waals surface area contributed by atoms with Crippen LogP contribution in [0.15, 0.2) is 72.0 Å². The van der Waals surface area contributed by atoms with E-state index in [-0.39, 0.29) is 11.8 Å². The first-order chi connectivity index (χ1) is 11.8. The molecule has 4 nitrogen and oxygen atoms in total. The molecule has 0 saturated heterocycles. The third-order valence-electron chi connectivity index (χ3n) is 4.40. The Morgan fingerprint density at radius 3 is 2.79 bits per heavy atom. The van der Waals surface area contributed by atoms with Crippen LogP contribution < -0.4 is 5.43 Å². The van der Waals surface area contributed by atoms with Crippen molar-refractivity contribution in [3.8, 4) is 0 Å². The lowest BCUT2D eigenvalue weighted by molar-refractivity contribution is -0.122. The molecule has 1 aliphatic rings. The average molecular weight is 315 g/mol. The third-order valence-corrected chi connectivity index (χ3v) is 4.40. The zero-order valence-electron chi connectivity index (χ0n) is 13.1. The Kier molecular flexibility index (Phi) is 3.79. The highest BCUT2D eigenvalue weighted by Crippen LogP contribution is 2.47. The van der Waals surface area contributed by atoms with E-state index in [9.17, 15) is 4.79 Å². The third kappa shape index (κ3) is 2.91. The predicted octanol–water partition coefficient (Wildman–Crippen LogP) is 3.49. The molecule has 2 atom stereocenters. The lowest BCUT2D eigenvalue weighted by Gasteiger charge is -2.01. The largest absolute Gasteiger partial charge is 0.273 e. The van der Waals surface area contributed by atoms with Crippen molar-refractivity contribution in [2.24, 2.45) is 11.0 Å². The van der Waals surface area contributed by atoms with Crippen molar-refractivity contribution >= 4 is 23.0 Å². The molecule has 0 unspecified atom stereocenters. The Balaban J connectivity index is 1.42. The van der Waals surface area contributed by atoms with E-state index in [1.807, 2.05) is 48.5 Å². The minimum atomic E-state index is -0.0201. The van der Waals surface area contributed by atoms with Gasteiger partial charge in [0.2, 0.25) is 5.91 Å². The second-order valence-corrected chi connectivity index (χ2v) is 6.02. The molecule has 2 aromatic carbocycles. The molecule has 1 saturated carbocycles. The highest BCUT2D eigenvalue weighted by atomic mass is 16.2. The Morgan fingerprint density at radius 2 is 1.92 bits per heavy atom. The number of para-hydroxylation sites is 1. The second-order valence-electron chi connectivity index (χ2n) is 6.02. The number of benzene rings is 2. The van der Waals surface area contributed by atoms with Gasteiger partial charge in [0, 0.05) is 23.1 Å². The molecule has 0 radical (unpaired) electrons. The van der Waals surface area contributed by atoms with Gasteiger partial charge in [-0.3, -0.25) is 9.78 Å². The number of rotatable bonds is 4. The molecular weight excluding hydrogens is 298 g/mol. The molecule has 1 N–H and O–H groups in total. The number of fused-ring (bicyclic) bond motifs is 1. The van der Waals surface area contributed by atoms with Gasteiger partial charge < -0.3 is 0 Å². The van der Waals surface area contributed by atoms with Crippen LogP contribution in [0.2, 0.25) is 0 Å². The van der Waals surface area contributed by atoms with Crippen LogP contribution in [-0.2, 0) is 4.79 Å². The maximum absolute atomic E-state index is 12.2. The van der Waals surface area contributed by atoms with Gasteiger partial charge in [0.1, 0.15) is 0 Å². The van der Waals surface area contributed by atoms with Crippen molar-refractivity contribution in [3.05, 3.63) is 78.0 Å². The summed E-state index contributed by atoms with van der Waals surface area (Å²) in [6.45, 7) is 0. The van der Waals surface area contributed by atoms with Gasteiger partial charge in [-0.15, -0.1) is 0 Å². The van der Waals surface area contributed by atoms with Crippen molar-refractivity contribution in [1.82, 2.24) is 10.4 Å². The van der Waals surface area contributed by atoms with Crippen molar-refractivity contribution in [2.45, 2.75) is 12.3 Å². The zero-order chi connectivity index (χ0) is 16.4. The number of amides is 1. The molecule has 1 amide bonds. The maximum Gasteiger partial charge on any atom is 0.243 e. The number of nitrogens with one attached hydrogen (secondary N) is 1. The molecule has 1 fully saturated rings. The van der Waals surface area contributed by atoms with Gasteiger partial charge in [0.25, 0.3) is 0 Å². The van der Waals surface area contributed by atoms with Gasteiger partial charge in [-0.1, -0.05) is 54.6 Å². The predicted molar refractivity (Wildman–Crippen MR) is 94.8 cm³/mol. The Hall–Kier alpha value is -3.01. The summed E-state index contributed by atoms with van der Waals surface area (Å²) in [4.78, 5) is 16.6. The van der Waals surface area contributed by atoms with Crippen molar-refractivity contribution < 1.29 is 4.79 Å². The lowest BCUT2D eigenvalue weighted by Crippen LogP contribution is -2.20. The quantitative estimate of drug-likeness (QED) is 0.592. The fourth-order valence-electron chi connectivity index (χ4n) is 3.03. The Labute approximate surface area is 140 Å². The number of hydrazone groups is 1. The normalized spacial score (nSPS) is 19.5. The monoisotopic (exact) mass is 315 g/mol. The number of nitrogens with zero attached hydrogens (tertiary/aromatic N) is 2. The number of carbonyl (C=O) groups excluding carboxylic acids is 1. The maximum atomic E-state index is 12.2. The van der Waals surface area contributed by atoms with Gasteiger partial charge in [0.05, 0.1) is 11.7 Å². The SMILES string of the molecule is O=C(N/N=C/c1cccc2cccnc12)[C@H]1C[C@@H]1c1ccccc1. The lowest BCUT2D eigenvalue weighted by atomic mass is 10.1. The molecule has 0 spiro atoms. The summed E-state index contributed by atoms with van der Waals surface area (Å²) >= 11 is 0. The topological polar surface area (TPSA) is 54.4 Å². The van der Waals surface area contributed by atoms with Gasteiger partial charge in [-0.2, -0.15) is 5.10 Å². The molecule has 4 heteroatoms. The molecular formula is C20H17N3O. The van der Waals surface area contributed by atoms with Gasteiger partial charge in [-0.05, 0) is 24.0 Å². The summed E-state index contributed by atoms with van der Waals surface area (Å²) in [5.74, 6) is 0.323. The molecule has 1 aliphatic carbocycles. The van der Waals surface area contributed by atoms with E-state index in [4.69, 9.17) is 0 Å². The van der Waals surface area contributed by atoms with E-state index in [0.29, 0.717) is 5.92 Å². The molecule has 1 heterocycles. The molecule has 0 aliphatic heterocycles. The van der Waals surface area contributed by atoms with E-state index < -0.39 is 0 Å². The highest BCUT2D eigenvalue weighted by molar-refractivity contribution is 5.97. The van der Waals surface area contributed by atoms with Crippen LogP contribution in [-0.4, -0.2) is 17.1 Å². The number of aromatic nitrogens is 1. The fraction of sp³-hybridized carbons (Fsp3) is 0.150. The summed E-state index contributed by atoms with van der Waals surface area (Å²) < 4.78 is 0. The van der Waals surface area contributed by atoms with Crippen LogP contribution in [0.25, 0.3) is 10.9 Å². The Morgan fingerprint density at radius 1 is 1.08 bits per heavy atom.